The summed E-state index contributed by atoms with van der Waals surface area (Å²) in [7, 11) is 3.88. The van der Waals surface area contributed by atoms with E-state index in [1.54, 1.807) is 24.3 Å². The van der Waals surface area contributed by atoms with Gasteiger partial charge in [-0.3, -0.25) is 4.79 Å². The third kappa shape index (κ3) is 3.53. The molecule has 1 aromatic heterocycles. The number of halogens is 1. The number of carbonyl (C=O) groups excluding carboxylic acids is 1. The first kappa shape index (κ1) is 17.1. The second kappa shape index (κ2) is 7.03. The van der Waals surface area contributed by atoms with Crippen molar-refractivity contribution >= 4 is 33.1 Å². The molecule has 128 valence electrons. The fourth-order valence-corrected chi connectivity index (χ4v) is 3.55. The maximum Gasteiger partial charge on any atom is 0.279 e. The quantitative estimate of drug-likeness (QED) is 0.667. The Morgan fingerprint density at radius 1 is 1.28 bits per heavy atom. The minimum atomic E-state index is -0.324. The van der Waals surface area contributed by atoms with Gasteiger partial charge in [0, 0.05) is 31.9 Å². The predicted octanol–water partition coefficient (Wildman–Crippen LogP) is 3.84. The molecule has 1 amide bonds. The summed E-state index contributed by atoms with van der Waals surface area (Å²) < 4.78 is 16.1. The molecule has 0 saturated carbocycles. The SMILES string of the molecule is C=CCn1c(=NC(=O)c2ccc(N(C)C)cc2)sc2cc(F)ccc21. The number of hydrogen-bond donors (Lipinski definition) is 0. The molecule has 0 unspecified atom stereocenters. The van der Waals surface area contributed by atoms with Gasteiger partial charge in [-0.25, -0.2) is 4.39 Å². The molecule has 0 N–H and O–H groups in total. The van der Waals surface area contributed by atoms with Gasteiger partial charge in [0.25, 0.3) is 5.91 Å². The second-order valence-electron chi connectivity index (χ2n) is 5.75. The van der Waals surface area contributed by atoms with Crippen molar-refractivity contribution in [2.75, 3.05) is 19.0 Å². The van der Waals surface area contributed by atoms with Gasteiger partial charge in [-0.1, -0.05) is 17.4 Å². The van der Waals surface area contributed by atoms with E-state index in [1.807, 2.05) is 35.7 Å². The van der Waals surface area contributed by atoms with Crippen LogP contribution < -0.4 is 9.70 Å². The Bertz CT molecular complexity index is 1000. The van der Waals surface area contributed by atoms with Crippen molar-refractivity contribution in [1.29, 1.82) is 0 Å². The van der Waals surface area contributed by atoms with Crippen molar-refractivity contribution in [2.45, 2.75) is 6.54 Å². The number of allylic oxidation sites excluding steroid dienone is 1. The average molecular weight is 355 g/mol. The third-order valence-corrected chi connectivity index (χ3v) is 4.83. The third-order valence-electron chi connectivity index (χ3n) is 3.78. The van der Waals surface area contributed by atoms with Crippen molar-refractivity contribution in [2.24, 2.45) is 4.99 Å². The van der Waals surface area contributed by atoms with Crippen LogP contribution in [0.2, 0.25) is 0 Å². The minimum absolute atomic E-state index is 0.309. The summed E-state index contributed by atoms with van der Waals surface area (Å²) in [5.41, 5.74) is 2.36. The van der Waals surface area contributed by atoms with Crippen molar-refractivity contribution in [3.8, 4) is 0 Å². The second-order valence-corrected chi connectivity index (χ2v) is 6.76. The molecule has 0 fully saturated rings. The highest BCUT2D eigenvalue weighted by atomic mass is 32.1. The number of anilines is 1. The maximum absolute atomic E-state index is 13.5. The minimum Gasteiger partial charge on any atom is -0.378 e. The molecule has 0 bridgehead atoms. The molecule has 3 rings (SSSR count). The summed E-state index contributed by atoms with van der Waals surface area (Å²) in [5.74, 6) is -0.633. The van der Waals surface area contributed by atoms with Gasteiger partial charge in [-0.15, -0.1) is 6.58 Å². The number of aromatic nitrogens is 1. The van der Waals surface area contributed by atoms with Gasteiger partial charge < -0.3 is 9.47 Å². The lowest BCUT2D eigenvalue weighted by molar-refractivity contribution is 0.0998. The number of thiazole rings is 1. The largest absolute Gasteiger partial charge is 0.378 e. The van der Waals surface area contributed by atoms with Crippen molar-refractivity contribution in [3.63, 3.8) is 0 Å². The first-order chi connectivity index (χ1) is 12.0. The fraction of sp³-hybridized carbons (Fsp3) is 0.158. The predicted molar refractivity (Wildman–Crippen MR) is 101 cm³/mol. The molecule has 25 heavy (non-hydrogen) atoms. The van der Waals surface area contributed by atoms with Gasteiger partial charge in [0.05, 0.1) is 10.2 Å². The molecule has 0 aliphatic carbocycles. The van der Waals surface area contributed by atoms with E-state index in [9.17, 15) is 9.18 Å². The van der Waals surface area contributed by atoms with E-state index in [0.717, 1.165) is 15.9 Å². The molecule has 0 spiro atoms. The van der Waals surface area contributed by atoms with Crippen LogP contribution >= 0.6 is 11.3 Å². The molecule has 6 heteroatoms. The molecule has 0 aliphatic rings. The normalized spacial score (nSPS) is 11.7. The van der Waals surface area contributed by atoms with E-state index in [0.29, 0.717) is 16.9 Å². The van der Waals surface area contributed by atoms with Crippen LogP contribution in [0.15, 0.2) is 60.1 Å². The van der Waals surface area contributed by atoms with E-state index in [-0.39, 0.29) is 11.7 Å². The highest BCUT2D eigenvalue weighted by molar-refractivity contribution is 7.16. The lowest BCUT2D eigenvalue weighted by atomic mass is 10.2. The zero-order valence-corrected chi connectivity index (χ0v) is 14.9. The van der Waals surface area contributed by atoms with Crippen molar-refractivity contribution in [1.82, 2.24) is 4.57 Å². The number of fused-ring (bicyclic) bond motifs is 1. The van der Waals surface area contributed by atoms with Crippen molar-refractivity contribution < 1.29 is 9.18 Å². The van der Waals surface area contributed by atoms with Crippen LogP contribution in [0, 0.1) is 5.82 Å². The maximum atomic E-state index is 13.5. The first-order valence-corrected chi connectivity index (χ1v) is 8.57. The lowest BCUT2D eigenvalue weighted by Crippen LogP contribution is -2.16. The summed E-state index contributed by atoms with van der Waals surface area (Å²) in [5, 5.41) is 0. The number of hydrogen-bond acceptors (Lipinski definition) is 3. The standard InChI is InChI=1S/C19H18FN3OS/c1-4-11-23-16-10-7-14(20)12-17(16)25-19(23)21-18(24)13-5-8-15(9-6-13)22(2)3/h4-10,12H,1,11H2,2-3H3. The topological polar surface area (TPSA) is 37.6 Å². The molecule has 1 heterocycles. The molecule has 0 radical (unpaired) electrons. The summed E-state index contributed by atoms with van der Waals surface area (Å²) in [6.45, 7) is 4.24. The Balaban J connectivity index is 2.06. The average Bonchev–Trinajstić information content (AvgIpc) is 2.91. The van der Waals surface area contributed by atoms with E-state index >= 15 is 0 Å². The number of carbonyl (C=O) groups is 1. The molecule has 4 nitrogen and oxygen atoms in total. The smallest absolute Gasteiger partial charge is 0.279 e. The summed E-state index contributed by atoms with van der Waals surface area (Å²) >= 11 is 1.29. The summed E-state index contributed by atoms with van der Waals surface area (Å²) in [4.78, 5) is 19.2. The molecule has 0 saturated heterocycles. The molecule has 0 aliphatic heterocycles. The van der Waals surface area contributed by atoms with E-state index in [1.165, 1.54) is 23.5 Å². The Morgan fingerprint density at radius 2 is 2.00 bits per heavy atom. The van der Waals surface area contributed by atoms with Crippen LogP contribution in [0.25, 0.3) is 10.2 Å². The highest BCUT2D eigenvalue weighted by Gasteiger charge is 2.09. The Labute approximate surface area is 149 Å². The van der Waals surface area contributed by atoms with Gasteiger partial charge in [0.15, 0.2) is 4.80 Å². The molecular formula is C19H18FN3OS. The molecule has 0 atom stereocenters. The number of benzene rings is 2. The molecular weight excluding hydrogens is 337 g/mol. The van der Waals surface area contributed by atoms with E-state index in [2.05, 4.69) is 11.6 Å². The van der Waals surface area contributed by atoms with Gasteiger partial charge in [0.2, 0.25) is 0 Å². The monoisotopic (exact) mass is 355 g/mol. The van der Waals surface area contributed by atoms with E-state index in [4.69, 9.17) is 0 Å². The van der Waals surface area contributed by atoms with Crippen LogP contribution in [-0.2, 0) is 6.54 Å². The highest BCUT2D eigenvalue weighted by Crippen LogP contribution is 2.19. The number of nitrogens with zero attached hydrogens (tertiary/aromatic N) is 3. The molecule has 2 aromatic carbocycles. The van der Waals surface area contributed by atoms with Crippen LogP contribution in [0.1, 0.15) is 10.4 Å². The van der Waals surface area contributed by atoms with Crippen LogP contribution in [0.3, 0.4) is 0 Å². The number of rotatable bonds is 4. The Morgan fingerprint density at radius 3 is 2.64 bits per heavy atom. The van der Waals surface area contributed by atoms with Gasteiger partial charge in [-0.05, 0) is 42.5 Å². The van der Waals surface area contributed by atoms with Crippen LogP contribution in [0.5, 0.6) is 0 Å². The van der Waals surface area contributed by atoms with Crippen LogP contribution in [-0.4, -0.2) is 24.6 Å². The number of amides is 1. The van der Waals surface area contributed by atoms with Crippen molar-refractivity contribution in [3.05, 3.63) is 71.3 Å². The van der Waals surface area contributed by atoms with Gasteiger partial charge >= 0.3 is 0 Å². The molecule has 3 aromatic rings. The summed E-state index contributed by atoms with van der Waals surface area (Å²) in [6, 6.07) is 11.8. The zero-order valence-electron chi connectivity index (χ0n) is 14.1. The van der Waals surface area contributed by atoms with Gasteiger partial charge in [-0.2, -0.15) is 4.99 Å². The fourth-order valence-electron chi connectivity index (χ4n) is 2.49. The van der Waals surface area contributed by atoms with Gasteiger partial charge in [0.1, 0.15) is 5.82 Å². The summed E-state index contributed by atoms with van der Waals surface area (Å²) in [6.07, 6.45) is 1.73. The first-order valence-electron chi connectivity index (χ1n) is 7.76. The van der Waals surface area contributed by atoms with E-state index < -0.39 is 0 Å². The Kier molecular flexibility index (Phi) is 4.81. The lowest BCUT2D eigenvalue weighted by Gasteiger charge is -2.11. The zero-order chi connectivity index (χ0) is 18.0. The van der Waals surface area contributed by atoms with Crippen LogP contribution in [0.4, 0.5) is 10.1 Å². The Hall–Kier alpha value is -2.73.